The van der Waals surface area contributed by atoms with E-state index >= 15 is 0 Å². The van der Waals surface area contributed by atoms with Crippen LogP contribution in [-0.4, -0.2) is 59.3 Å². The average Bonchev–Trinajstić information content (AvgIpc) is 2.96. The van der Waals surface area contributed by atoms with E-state index in [0.717, 1.165) is 43.6 Å². The molecular weight excluding hydrogens is 314 g/mol. The molecule has 1 aromatic carbocycles. The Kier molecular flexibility index (Phi) is 5.09. The number of amides is 2. The van der Waals surface area contributed by atoms with Crippen LogP contribution in [0, 0.1) is 6.92 Å². The fourth-order valence-electron chi connectivity index (χ4n) is 3.57. The van der Waals surface area contributed by atoms with Crippen molar-refractivity contribution in [1.29, 1.82) is 0 Å². The van der Waals surface area contributed by atoms with Gasteiger partial charge in [0.05, 0.1) is 6.10 Å². The summed E-state index contributed by atoms with van der Waals surface area (Å²) >= 11 is 5.94. The van der Waals surface area contributed by atoms with E-state index in [1.165, 1.54) is 0 Å². The Bertz CT molecular complexity index is 573. The Morgan fingerprint density at radius 2 is 2.00 bits per heavy atom. The Morgan fingerprint density at radius 1 is 1.26 bits per heavy atom. The van der Waals surface area contributed by atoms with Gasteiger partial charge in [-0.3, -0.25) is 4.90 Å². The van der Waals surface area contributed by atoms with Crippen LogP contribution in [0.25, 0.3) is 0 Å². The molecule has 1 saturated carbocycles. The summed E-state index contributed by atoms with van der Waals surface area (Å²) < 4.78 is 0. The van der Waals surface area contributed by atoms with Gasteiger partial charge in [0.25, 0.3) is 0 Å². The molecule has 0 radical (unpaired) electrons. The second-order valence-corrected chi connectivity index (χ2v) is 6.91. The molecule has 0 unspecified atom stereocenters. The van der Waals surface area contributed by atoms with Gasteiger partial charge in [0.2, 0.25) is 0 Å². The standard InChI is InChI=1S/C17H24ClN3O2/c1-12-11-13(18)5-6-14(12)19-17(23)21-9-7-20(8-10-21)15-3-2-4-16(15)22/h5-6,11,15-16,22H,2-4,7-10H2,1H3,(H,19,23)/t15-,16-/m0/s1. The van der Waals surface area contributed by atoms with E-state index in [9.17, 15) is 9.90 Å². The number of carbonyl (C=O) groups is 1. The van der Waals surface area contributed by atoms with Gasteiger partial charge in [-0.15, -0.1) is 0 Å². The summed E-state index contributed by atoms with van der Waals surface area (Å²) in [6.07, 6.45) is 2.87. The molecule has 0 spiro atoms. The van der Waals surface area contributed by atoms with Crippen LogP contribution in [0.15, 0.2) is 18.2 Å². The highest BCUT2D eigenvalue weighted by Gasteiger charge is 2.33. The molecule has 2 amide bonds. The number of hydrogen-bond acceptors (Lipinski definition) is 3. The number of nitrogens with zero attached hydrogens (tertiary/aromatic N) is 2. The first-order valence-electron chi connectivity index (χ1n) is 8.29. The van der Waals surface area contributed by atoms with Crippen LogP contribution in [0.5, 0.6) is 0 Å². The molecule has 0 aromatic heterocycles. The predicted octanol–water partition coefficient (Wildman–Crippen LogP) is 2.71. The normalized spacial score (nSPS) is 25.6. The maximum Gasteiger partial charge on any atom is 0.321 e. The minimum Gasteiger partial charge on any atom is -0.391 e. The molecule has 1 heterocycles. The number of aliphatic hydroxyl groups excluding tert-OH is 1. The van der Waals surface area contributed by atoms with Crippen molar-refractivity contribution in [3.63, 3.8) is 0 Å². The van der Waals surface area contributed by atoms with Crippen LogP contribution in [0.3, 0.4) is 0 Å². The fraction of sp³-hybridized carbons (Fsp3) is 0.588. The van der Waals surface area contributed by atoms with E-state index in [1.807, 2.05) is 24.0 Å². The first-order chi connectivity index (χ1) is 11.0. The second kappa shape index (κ2) is 7.07. The van der Waals surface area contributed by atoms with E-state index < -0.39 is 0 Å². The number of urea groups is 1. The zero-order valence-corrected chi connectivity index (χ0v) is 14.2. The number of piperazine rings is 1. The maximum absolute atomic E-state index is 12.4. The lowest BCUT2D eigenvalue weighted by Crippen LogP contribution is -2.54. The van der Waals surface area contributed by atoms with Gasteiger partial charge in [-0.2, -0.15) is 0 Å². The third-order valence-electron chi connectivity index (χ3n) is 4.94. The molecule has 6 heteroatoms. The monoisotopic (exact) mass is 337 g/mol. The van der Waals surface area contributed by atoms with Crippen LogP contribution in [0.1, 0.15) is 24.8 Å². The minimum atomic E-state index is -0.202. The van der Waals surface area contributed by atoms with Crippen molar-refractivity contribution in [3.8, 4) is 0 Å². The summed E-state index contributed by atoms with van der Waals surface area (Å²) in [5.41, 5.74) is 1.76. The van der Waals surface area contributed by atoms with E-state index in [4.69, 9.17) is 11.6 Å². The number of aliphatic hydroxyl groups is 1. The molecule has 1 aliphatic carbocycles. The molecule has 5 nitrogen and oxygen atoms in total. The molecule has 1 aliphatic heterocycles. The Morgan fingerprint density at radius 3 is 2.61 bits per heavy atom. The Hall–Kier alpha value is -1.30. The van der Waals surface area contributed by atoms with E-state index in [0.29, 0.717) is 18.1 Å². The number of aryl methyl sites for hydroxylation is 1. The van der Waals surface area contributed by atoms with Gasteiger partial charge < -0.3 is 15.3 Å². The van der Waals surface area contributed by atoms with Crippen LogP contribution in [0.2, 0.25) is 5.02 Å². The molecular formula is C17H24ClN3O2. The molecule has 1 saturated heterocycles. The highest BCUT2D eigenvalue weighted by atomic mass is 35.5. The van der Waals surface area contributed by atoms with Gasteiger partial charge in [0.1, 0.15) is 0 Å². The second-order valence-electron chi connectivity index (χ2n) is 6.48. The molecule has 2 fully saturated rings. The third-order valence-corrected chi connectivity index (χ3v) is 5.18. The highest BCUT2D eigenvalue weighted by molar-refractivity contribution is 6.30. The highest BCUT2D eigenvalue weighted by Crippen LogP contribution is 2.25. The topological polar surface area (TPSA) is 55.8 Å². The van der Waals surface area contributed by atoms with E-state index in [-0.39, 0.29) is 18.2 Å². The molecule has 126 valence electrons. The van der Waals surface area contributed by atoms with Gasteiger partial charge in [-0.1, -0.05) is 11.6 Å². The van der Waals surface area contributed by atoms with E-state index in [2.05, 4.69) is 10.2 Å². The summed E-state index contributed by atoms with van der Waals surface area (Å²) in [6.45, 7) is 4.98. The number of rotatable bonds is 2. The summed E-state index contributed by atoms with van der Waals surface area (Å²) in [5.74, 6) is 0. The van der Waals surface area contributed by atoms with Gasteiger partial charge in [-0.25, -0.2) is 4.79 Å². The average molecular weight is 338 g/mol. The maximum atomic E-state index is 12.4. The summed E-state index contributed by atoms with van der Waals surface area (Å²) in [6, 6.07) is 5.67. The number of halogens is 1. The van der Waals surface area contributed by atoms with Crippen molar-refractivity contribution >= 4 is 23.3 Å². The molecule has 2 aliphatic rings. The molecule has 3 rings (SSSR count). The lowest BCUT2D eigenvalue weighted by atomic mass is 10.1. The summed E-state index contributed by atoms with van der Waals surface area (Å²) in [7, 11) is 0. The quantitative estimate of drug-likeness (QED) is 0.872. The van der Waals surface area contributed by atoms with Gasteiger partial charge in [0.15, 0.2) is 0 Å². The zero-order valence-electron chi connectivity index (χ0n) is 13.5. The van der Waals surface area contributed by atoms with Crippen molar-refractivity contribution < 1.29 is 9.90 Å². The van der Waals surface area contributed by atoms with Crippen molar-refractivity contribution in [3.05, 3.63) is 28.8 Å². The largest absolute Gasteiger partial charge is 0.391 e. The van der Waals surface area contributed by atoms with Gasteiger partial charge in [0, 0.05) is 42.9 Å². The lowest BCUT2D eigenvalue weighted by molar-refractivity contribution is 0.0447. The molecule has 1 aromatic rings. The first-order valence-corrected chi connectivity index (χ1v) is 8.66. The number of benzene rings is 1. The number of nitrogens with one attached hydrogen (secondary N) is 1. The Balaban J connectivity index is 1.54. The SMILES string of the molecule is Cc1cc(Cl)ccc1NC(=O)N1CCN([C@H]2CCC[C@@H]2O)CC1. The number of hydrogen-bond donors (Lipinski definition) is 2. The smallest absolute Gasteiger partial charge is 0.321 e. The fourth-order valence-corrected chi connectivity index (χ4v) is 3.79. The molecule has 2 N–H and O–H groups in total. The predicted molar refractivity (Wildman–Crippen MR) is 92.0 cm³/mol. The van der Waals surface area contributed by atoms with Crippen molar-refractivity contribution in [2.75, 3.05) is 31.5 Å². The number of anilines is 1. The molecule has 23 heavy (non-hydrogen) atoms. The zero-order chi connectivity index (χ0) is 16.4. The van der Waals surface area contributed by atoms with Gasteiger partial charge >= 0.3 is 6.03 Å². The van der Waals surface area contributed by atoms with E-state index in [1.54, 1.807) is 6.07 Å². The van der Waals surface area contributed by atoms with Crippen LogP contribution in [-0.2, 0) is 0 Å². The third kappa shape index (κ3) is 3.79. The molecule has 2 atom stereocenters. The van der Waals surface area contributed by atoms with Crippen molar-refractivity contribution in [1.82, 2.24) is 9.80 Å². The lowest BCUT2D eigenvalue weighted by Gasteiger charge is -2.39. The van der Waals surface area contributed by atoms with Crippen molar-refractivity contribution in [2.45, 2.75) is 38.3 Å². The first kappa shape index (κ1) is 16.6. The summed E-state index contributed by atoms with van der Waals surface area (Å²) in [4.78, 5) is 16.6. The van der Waals surface area contributed by atoms with Crippen LogP contribution in [0.4, 0.5) is 10.5 Å². The van der Waals surface area contributed by atoms with Gasteiger partial charge in [-0.05, 0) is 49.9 Å². The molecule has 0 bridgehead atoms. The number of carbonyl (C=O) groups excluding carboxylic acids is 1. The summed E-state index contributed by atoms with van der Waals surface area (Å²) in [5, 5.41) is 13.7. The van der Waals surface area contributed by atoms with Crippen molar-refractivity contribution in [2.24, 2.45) is 0 Å². The minimum absolute atomic E-state index is 0.0676. The van der Waals surface area contributed by atoms with Crippen LogP contribution < -0.4 is 5.32 Å². The van der Waals surface area contributed by atoms with Crippen LogP contribution >= 0.6 is 11.6 Å². The Labute approximate surface area is 142 Å².